The van der Waals surface area contributed by atoms with Gasteiger partial charge in [-0.3, -0.25) is 0 Å². The SMILES string of the molecule is CCc1ccc(-c2nc3ccccc3[nH]2)cc1. The van der Waals surface area contributed by atoms with Crippen LogP contribution in [0, 0.1) is 0 Å². The Kier molecular flexibility index (Phi) is 2.41. The highest BCUT2D eigenvalue weighted by Gasteiger charge is 2.03. The Labute approximate surface area is 100 Å². The number of aromatic nitrogens is 2. The zero-order valence-corrected chi connectivity index (χ0v) is 9.77. The van der Waals surface area contributed by atoms with Crippen LogP contribution in [0.5, 0.6) is 0 Å². The van der Waals surface area contributed by atoms with Gasteiger partial charge < -0.3 is 4.98 Å². The van der Waals surface area contributed by atoms with E-state index < -0.39 is 0 Å². The predicted octanol–water partition coefficient (Wildman–Crippen LogP) is 3.79. The summed E-state index contributed by atoms with van der Waals surface area (Å²) in [4.78, 5) is 7.92. The van der Waals surface area contributed by atoms with E-state index in [9.17, 15) is 0 Å². The minimum Gasteiger partial charge on any atom is -0.338 e. The van der Waals surface area contributed by atoms with Gasteiger partial charge in [-0.05, 0) is 24.1 Å². The summed E-state index contributed by atoms with van der Waals surface area (Å²) >= 11 is 0. The fourth-order valence-corrected chi connectivity index (χ4v) is 1.99. The summed E-state index contributed by atoms with van der Waals surface area (Å²) in [6.07, 6.45) is 1.07. The average Bonchev–Trinajstić information content (AvgIpc) is 2.82. The average molecular weight is 222 g/mol. The molecule has 3 rings (SSSR count). The Bertz CT molecular complexity index is 602. The maximum absolute atomic E-state index is 4.58. The van der Waals surface area contributed by atoms with E-state index in [0.717, 1.165) is 28.8 Å². The third-order valence-corrected chi connectivity index (χ3v) is 3.02. The van der Waals surface area contributed by atoms with Gasteiger partial charge in [-0.2, -0.15) is 0 Å². The van der Waals surface area contributed by atoms with E-state index in [2.05, 4.69) is 41.2 Å². The number of hydrogen-bond acceptors (Lipinski definition) is 1. The van der Waals surface area contributed by atoms with Gasteiger partial charge in [0.15, 0.2) is 0 Å². The highest BCUT2D eigenvalue weighted by Crippen LogP contribution is 2.20. The van der Waals surface area contributed by atoms with Gasteiger partial charge in [0.2, 0.25) is 0 Å². The molecule has 0 atom stereocenters. The van der Waals surface area contributed by atoms with Crippen molar-refractivity contribution in [2.24, 2.45) is 0 Å². The van der Waals surface area contributed by atoms with E-state index in [0.29, 0.717) is 0 Å². The lowest BCUT2D eigenvalue weighted by atomic mass is 10.1. The molecule has 2 aromatic carbocycles. The molecule has 0 aliphatic rings. The predicted molar refractivity (Wildman–Crippen MR) is 70.9 cm³/mol. The van der Waals surface area contributed by atoms with Crippen molar-refractivity contribution in [3.63, 3.8) is 0 Å². The number of aryl methyl sites for hydroxylation is 1. The molecule has 0 amide bonds. The molecule has 17 heavy (non-hydrogen) atoms. The summed E-state index contributed by atoms with van der Waals surface area (Å²) in [5, 5.41) is 0. The van der Waals surface area contributed by atoms with Gasteiger partial charge in [0, 0.05) is 5.56 Å². The molecule has 0 fully saturated rings. The lowest BCUT2D eigenvalue weighted by Crippen LogP contribution is -1.82. The number of hydrogen-bond donors (Lipinski definition) is 1. The number of imidazole rings is 1. The zero-order valence-electron chi connectivity index (χ0n) is 9.77. The van der Waals surface area contributed by atoms with Gasteiger partial charge in [0.1, 0.15) is 5.82 Å². The fourth-order valence-electron chi connectivity index (χ4n) is 1.99. The summed E-state index contributed by atoms with van der Waals surface area (Å²) in [6, 6.07) is 16.7. The third kappa shape index (κ3) is 1.82. The molecule has 0 saturated carbocycles. The van der Waals surface area contributed by atoms with Crippen LogP contribution in [0.25, 0.3) is 22.4 Å². The Morgan fingerprint density at radius 3 is 2.47 bits per heavy atom. The summed E-state index contributed by atoms with van der Waals surface area (Å²) < 4.78 is 0. The van der Waals surface area contributed by atoms with Gasteiger partial charge in [-0.25, -0.2) is 4.98 Å². The minimum atomic E-state index is 0.939. The van der Waals surface area contributed by atoms with E-state index in [1.165, 1.54) is 5.56 Å². The fraction of sp³-hybridized carbons (Fsp3) is 0.133. The smallest absolute Gasteiger partial charge is 0.138 e. The Balaban J connectivity index is 2.07. The quantitative estimate of drug-likeness (QED) is 0.702. The van der Waals surface area contributed by atoms with Gasteiger partial charge in [-0.1, -0.05) is 43.3 Å². The molecule has 2 nitrogen and oxygen atoms in total. The first-order chi connectivity index (χ1) is 8.36. The van der Waals surface area contributed by atoms with E-state index in [4.69, 9.17) is 0 Å². The van der Waals surface area contributed by atoms with Gasteiger partial charge >= 0.3 is 0 Å². The van der Waals surface area contributed by atoms with Crippen molar-refractivity contribution in [1.82, 2.24) is 9.97 Å². The maximum atomic E-state index is 4.58. The van der Waals surface area contributed by atoms with Crippen LogP contribution in [-0.2, 0) is 6.42 Å². The van der Waals surface area contributed by atoms with Crippen molar-refractivity contribution in [3.05, 3.63) is 54.1 Å². The molecule has 0 unspecified atom stereocenters. The molecular formula is C15H14N2. The number of aromatic amines is 1. The molecule has 0 radical (unpaired) electrons. The Morgan fingerprint density at radius 1 is 1.00 bits per heavy atom. The molecule has 2 heteroatoms. The highest BCUT2D eigenvalue weighted by molar-refractivity contribution is 5.79. The molecule has 1 aromatic heterocycles. The molecule has 1 N–H and O–H groups in total. The number of para-hydroxylation sites is 2. The van der Waals surface area contributed by atoms with Crippen molar-refractivity contribution in [2.45, 2.75) is 13.3 Å². The van der Waals surface area contributed by atoms with Crippen molar-refractivity contribution in [2.75, 3.05) is 0 Å². The first-order valence-corrected chi connectivity index (χ1v) is 5.91. The van der Waals surface area contributed by atoms with Gasteiger partial charge in [-0.15, -0.1) is 0 Å². The number of nitrogens with zero attached hydrogens (tertiary/aromatic N) is 1. The van der Waals surface area contributed by atoms with Crippen molar-refractivity contribution in [3.8, 4) is 11.4 Å². The van der Waals surface area contributed by atoms with Crippen LogP contribution in [0.15, 0.2) is 48.5 Å². The van der Waals surface area contributed by atoms with Crippen molar-refractivity contribution in [1.29, 1.82) is 0 Å². The topological polar surface area (TPSA) is 28.7 Å². The molecule has 0 aliphatic carbocycles. The van der Waals surface area contributed by atoms with Crippen LogP contribution in [0.1, 0.15) is 12.5 Å². The van der Waals surface area contributed by atoms with Gasteiger partial charge in [0.25, 0.3) is 0 Å². The molecular weight excluding hydrogens is 208 g/mol. The molecule has 0 bridgehead atoms. The normalized spacial score (nSPS) is 10.9. The lowest BCUT2D eigenvalue weighted by Gasteiger charge is -1.98. The number of fused-ring (bicyclic) bond motifs is 1. The zero-order chi connectivity index (χ0) is 11.7. The van der Waals surface area contributed by atoms with Crippen molar-refractivity contribution < 1.29 is 0 Å². The second-order valence-corrected chi connectivity index (χ2v) is 4.15. The number of nitrogens with one attached hydrogen (secondary N) is 1. The van der Waals surface area contributed by atoms with E-state index in [-0.39, 0.29) is 0 Å². The monoisotopic (exact) mass is 222 g/mol. The molecule has 3 aromatic rings. The Hall–Kier alpha value is -2.09. The minimum absolute atomic E-state index is 0.939. The van der Waals surface area contributed by atoms with E-state index in [1.54, 1.807) is 0 Å². The van der Waals surface area contributed by atoms with Crippen molar-refractivity contribution >= 4 is 11.0 Å². The highest BCUT2D eigenvalue weighted by atomic mass is 14.9. The number of H-pyrrole nitrogens is 1. The van der Waals surface area contributed by atoms with Crippen LogP contribution >= 0.6 is 0 Å². The molecule has 1 heterocycles. The first-order valence-electron chi connectivity index (χ1n) is 5.91. The largest absolute Gasteiger partial charge is 0.338 e. The second-order valence-electron chi connectivity index (χ2n) is 4.15. The maximum Gasteiger partial charge on any atom is 0.138 e. The van der Waals surface area contributed by atoms with Gasteiger partial charge in [0.05, 0.1) is 11.0 Å². The third-order valence-electron chi connectivity index (χ3n) is 3.02. The molecule has 84 valence electrons. The van der Waals surface area contributed by atoms with Crippen LogP contribution in [0.2, 0.25) is 0 Å². The summed E-state index contributed by atoms with van der Waals surface area (Å²) in [7, 11) is 0. The summed E-state index contributed by atoms with van der Waals surface area (Å²) in [5.41, 5.74) is 4.59. The van der Waals surface area contributed by atoms with Crippen LogP contribution in [-0.4, -0.2) is 9.97 Å². The first kappa shape index (κ1) is 10.1. The molecule has 0 aliphatic heterocycles. The Morgan fingerprint density at radius 2 is 1.76 bits per heavy atom. The summed E-state index contributed by atoms with van der Waals surface area (Å²) in [6.45, 7) is 2.16. The lowest BCUT2D eigenvalue weighted by molar-refractivity contribution is 1.14. The second kappa shape index (κ2) is 4.06. The van der Waals surface area contributed by atoms with E-state index in [1.807, 2.05) is 24.3 Å². The standard InChI is InChI=1S/C15H14N2/c1-2-11-7-9-12(10-8-11)15-16-13-5-3-4-6-14(13)17-15/h3-10H,2H2,1H3,(H,16,17). The molecule has 0 saturated heterocycles. The van der Waals surface area contributed by atoms with E-state index >= 15 is 0 Å². The number of benzene rings is 2. The number of rotatable bonds is 2. The summed E-state index contributed by atoms with van der Waals surface area (Å²) in [5.74, 6) is 0.939. The van der Waals surface area contributed by atoms with Crippen LogP contribution < -0.4 is 0 Å². The van der Waals surface area contributed by atoms with Crippen LogP contribution in [0.3, 0.4) is 0 Å². The molecule has 0 spiro atoms. The van der Waals surface area contributed by atoms with Crippen LogP contribution in [0.4, 0.5) is 0 Å².